The van der Waals surface area contributed by atoms with Gasteiger partial charge in [0.05, 0.1) is 10.6 Å². The number of hydrogen-bond donors (Lipinski definition) is 2. The van der Waals surface area contributed by atoms with Crippen LogP contribution < -0.4 is 11.1 Å². The molecule has 0 aliphatic carbocycles. The predicted octanol–water partition coefficient (Wildman–Crippen LogP) is 1.64. The van der Waals surface area contributed by atoms with Crippen molar-refractivity contribution in [3.05, 3.63) is 28.8 Å². The number of nitrogens with two attached hydrogens (primary N) is 1. The Labute approximate surface area is 113 Å². The highest BCUT2D eigenvalue weighted by Gasteiger charge is 2.09. The van der Waals surface area contributed by atoms with Crippen LogP contribution in [0.1, 0.15) is 10.4 Å². The van der Waals surface area contributed by atoms with Gasteiger partial charge in [-0.05, 0) is 32.3 Å². The van der Waals surface area contributed by atoms with Crippen LogP contribution in [-0.2, 0) is 0 Å². The van der Waals surface area contributed by atoms with Crippen LogP contribution in [0, 0.1) is 0 Å². The Morgan fingerprint density at radius 3 is 2.65 bits per heavy atom. The Morgan fingerprint density at radius 2 is 2.12 bits per heavy atom. The number of likely N-dealkylation sites (N-methyl/N-ethyl adjacent to an activating group) is 1. The molecule has 96 valence electrons. The van der Waals surface area contributed by atoms with E-state index in [4.69, 9.17) is 17.3 Å². The van der Waals surface area contributed by atoms with Crippen molar-refractivity contribution >= 4 is 35.6 Å². The number of anilines is 1. The third-order valence-corrected chi connectivity index (χ3v) is 2.40. The fraction of sp³-hybridized carbons (Fsp3) is 0.364. The van der Waals surface area contributed by atoms with E-state index in [9.17, 15) is 4.79 Å². The highest BCUT2D eigenvalue weighted by Crippen LogP contribution is 2.18. The molecule has 0 unspecified atom stereocenters. The fourth-order valence-electron chi connectivity index (χ4n) is 1.20. The van der Waals surface area contributed by atoms with Gasteiger partial charge in [0, 0.05) is 18.8 Å². The van der Waals surface area contributed by atoms with Gasteiger partial charge in [0.15, 0.2) is 0 Å². The summed E-state index contributed by atoms with van der Waals surface area (Å²) in [4.78, 5) is 13.7. The molecular weight excluding hydrogens is 261 g/mol. The molecule has 17 heavy (non-hydrogen) atoms. The highest BCUT2D eigenvalue weighted by atomic mass is 35.5. The number of hydrogen-bond acceptors (Lipinski definition) is 3. The van der Waals surface area contributed by atoms with Crippen LogP contribution in [0.2, 0.25) is 5.02 Å². The molecule has 1 rings (SSSR count). The van der Waals surface area contributed by atoms with Gasteiger partial charge < -0.3 is 16.0 Å². The summed E-state index contributed by atoms with van der Waals surface area (Å²) in [6.07, 6.45) is 0. The van der Waals surface area contributed by atoms with Gasteiger partial charge in [0.25, 0.3) is 5.91 Å². The predicted molar refractivity (Wildman–Crippen MR) is 74.0 cm³/mol. The second kappa shape index (κ2) is 7.37. The minimum absolute atomic E-state index is 0. The zero-order chi connectivity index (χ0) is 12.1. The van der Waals surface area contributed by atoms with E-state index < -0.39 is 0 Å². The number of benzene rings is 1. The number of nitrogens with zero attached hydrogens (tertiary/aromatic N) is 1. The lowest BCUT2D eigenvalue weighted by Crippen LogP contribution is -2.31. The topological polar surface area (TPSA) is 58.4 Å². The van der Waals surface area contributed by atoms with Crippen LogP contribution >= 0.6 is 24.0 Å². The number of amides is 1. The maximum atomic E-state index is 11.7. The minimum atomic E-state index is -0.174. The van der Waals surface area contributed by atoms with Crippen LogP contribution in [0.25, 0.3) is 0 Å². The van der Waals surface area contributed by atoms with E-state index in [2.05, 4.69) is 5.32 Å². The van der Waals surface area contributed by atoms with Crippen molar-refractivity contribution < 1.29 is 4.79 Å². The van der Waals surface area contributed by atoms with Gasteiger partial charge in [-0.25, -0.2) is 0 Å². The molecule has 3 N–H and O–H groups in total. The van der Waals surface area contributed by atoms with Gasteiger partial charge in [0.2, 0.25) is 0 Å². The van der Waals surface area contributed by atoms with Gasteiger partial charge in [-0.15, -0.1) is 12.4 Å². The van der Waals surface area contributed by atoms with Crippen LogP contribution in [-0.4, -0.2) is 38.0 Å². The molecule has 0 aliphatic heterocycles. The number of nitrogen functional groups attached to an aromatic ring is 1. The Balaban J connectivity index is 0.00000256. The summed E-state index contributed by atoms with van der Waals surface area (Å²) < 4.78 is 0. The molecule has 1 aromatic rings. The minimum Gasteiger partial charge on any atom is -0.399 e. The molecule has 0 radical (unpaired) electrons. The average Bonchev–Trinajstić information content (AvgIpc) is 2.16. The van der Waals surface area contributed by atoms with Crippen molar-refractivity contribution in [2.24, 2.45) is 0 Å². The van der Waals surface area contributed by atoms with Crippen LogP contribution in [0.5, 0.6) is 0 Å². The van der Waals surface area contributed by atoms with Crippen molar-refractivity contribution in [2.45, 2.75) is 0 Å². The third-order valence-electron chi connectivity index (χ3n) is 2.08. The first-order valence-corrected chi connectivity index (χ1v) is 5.36. The molecule has 4 nitrogen and oxygen atoms in total. The SMILES string of the molecule is CN(C)CCNC(=O)c1ccc(N)cc1Cl.Cl. The Hall–Kier alpha value is -0.970. The maximum absolute atomic E-state index is 11.7. The number of halogens is 2. The quantitative estimate of drug-likeness (QED) is 0.823. The lowest BCUT2D eigenvalue weighted by atomic mass is 10.2. The zero-order valence-corrected chi connectivity index (χ0v) is 11.4. The Morgan fingerprint density at radius 1 is 1.47 bits per heavy atom. The van der Waals surface area contributed by atoms with E-state index in [1.165, 1.54) is 0 Å². The molecule has 0 bridgehead atoms. The Bertz CT molecular complexity index is 383. The molecule has 0 aromatic heterocycles. The van der Waals surface area contributed by atoms with Crippen molar-refractivity contribution in [1.82, 2.24) is 10.2 Å². The summed E-state index contributed by atoms with van der Waals surface area (Å²) in [5.74, 6) is -0.174. The van der Waals surface area contributed by atoms with Crippen LogP contribution in [0.4, 0.5) is 5.69 Å². The lowest BCUT2D eigenvalue weighted by Gasteiger charge is -2.11. The maximum Gasteiger partial charge on any atom is 0.252 e. The van der Waals surface area contributed by atoms with Gasteiger partial charge in [-0.1, -0.05) is 11.6 Å². The fourth-order valence-corrected chi connectivity index (χ4v) is 1.48. The largest absolute Gasteiger partial charge is 0.399 e. The van der Waals surface area contributed by atoms with Gasteiger partial charge >= 0.3 is 0 Å². The first-order chi connectivity index (χ1) is 7.50. The first kappa shape index (κ1) is 16.0. The van der Waals surface area contributed by atoms with E-state index in [-0.39, 0.29) is 18.3 Å². The van der Waals surface area contributed by atoms with Gasteiger partial charge in [0.1, 0.15) is 0 Å². The first-order valence-electron chi connectivity index (χ1n) is 4.98. The van der Waals surface area contributed by atoms with E-state index in [1.54, 1.807) is 18.2 Å². The number of nitrogens with one attached hydrogen (secondary N) is 1. The summed E-state index contributed by atoms with van der Waals surface area (Å²) in [6, 6.07) is 4.86. The van der Waals surface area contributed by atoms with E-state index in [0.29, 0.717) is 22.8 Å². The van der Waals surface area contributed by atoms with Gasteiger partial charge in [-0.2, -0.15) is 0 Å². The standard InChI is InChI=1S/C11H16ClN3O.ClH/c1-15(2)6-5-14-11(16)9-4-3-8(13)7-10(9)12;/h3-4,7H,5-6,13H2,1-2H3,(H,14,16);1H. The molecule has 0 aliphatic rings. The van der Waals surface area contributed by atoms with Gasteiger partial charge in [-0.3, -0.25) is 4.79 Å². The van der Waals surface area contributed by atoms with Crippen molar-refractivity contribution in [3.8, 4) is 0 Å². The number of rotatable bonds is 4. The van der Waals surface area contributed by atoms with Crippen molar-refractivity contribution in [1.29, 1.82) is 0 Å². The summed E-state index contributed by atoms with van der Waals surface area (Å²) in [6.45, 7) is 1.38. The van der Waals surface area contributed by atoms with E-state index in [1.807, 2.05) is 19.0 Å². The summed E-state index contributed by atoms with van der Waals surface area (Å²) >= 11 is 5.91. The zero-order valence-electron chi connectivity index (χ0n) is 9.87. The molecule has 0 fully saturated rings. The average molecular weight is 278 g/mol. The van der Waals surface area contributed by atoms with Crippen molar-refractivity contribution in [2.75, 3.05) is 32.9 Å². The van der Waals surface area contributed by atoms with Crippen LogP contribution in [0.15, 0.2) is 18.2 Å². The molecule has 1 amide bonds. The summed E-state index contributed by atoms with van der Waals surface area (Å²) in [5.41, 5.74) is 6.55. The molecule has 0 atom stereocenters. The monoisotopic (exact) mass is 277 g/mol. The summed E-state index contributed by atoms with van der Waals surface area (Å²) in [7, 11) is 3.89. The van der Waals surface area contributed by atoms with Crippen molar-refractivity contribution in [3.63, 3.8) is 0 Å². The second-order valence-electron chi connectivity index (χ2n) is 3.80. The van der Waals surface area contributed by atoms with E-state index in [0.717, 1.165) is 6.54 Å². The van der Waals surface area contributed by atoms with E-state index >= 15 is 0 Å². The molecular formula is C11H17Cl2N3O. The molecule has 0 saturated heterocycles. The normalized spacial score (nSPS) is 9.88. The molecule has 6 heteroatoms. The van der Waals surface area contributed by atoms with Crippen LogP contribution in [0.3, 0.4) is 0 Å². The molecule has 0 saturated carbocycles. The number of carbonyl (C=O) groups excluding carboxylic acids is 1. The Kier molecular flexibility index (Phi) is 6.95. The third kappa shape index (κ3) is 5.26. The number of carbonyl (C=O) groups is 1. The molecule has 0 heterocycles. The molecule has 0 spiro atoms. The summed E-state index contributed by atoms with van der Waals surface area (Å²) in [5, 5.41) is 3.16. The smallest absolute Gasteiger partial charge is 0.252 e. The lowest BCUT2D eigenvalue weighted by molar-refractivity contribution is 0.0951. The highest BCUT2D eigenvalue weighted by molar-refractivity contribution is 6.34. The molecule has 1 aromatic carbocycles. The second-order valence-corrected chi connectivity index (χ2v) is 4.21.